The molecule has 0 bridgehead atoms. The monoisotopic (exact) mass is 386 g/mol. The van der Waals surface area contributed by atoms with Crippen LogP contribution in [0.1, 0.15) is 0 Å². The van der Waals surface area contributed by atoms with Crippen molar-refractivity contribution in [2.75, 3.05) is 0 Å². The molecule has 0 saturated heterocycles. The minimum atomic E-state index is -3.90. The summed E-state index contributed by atoms with van der Waals surface area (Å²) < 4.78 is 35.0. The number of rotatable bonds is 3. The molecule has 0 spiro atoms. The van der Waals surface area contributed by atoms with Crippen LogP contribution in [0.5, 0.6) is 5.75 Å². The first kappa shape index (κ1) is 14.3. The first-order valence-electron chi connectivity index (χ1n) is 5.68. The fourth-order valence-electron chi connectivity index (χ4n) is 1.69. The molecule has 2 heterocycles. The fourth-order valence-corrected chi connectivity index (χ4v) is 4.59. The van der Waals surface area contributed by atoms with E-state index in [9.17, 15) is 13.2 Å². The maximum absolute atomic E-state index is 12.1. The maximum atomic E-state index is 12.1. The molecular weight excluding hydrogens is 380 g/mol. The molecule has 0 unspecified atom stereocenters. The van der Waals surface area contributed by atoms with Crippen molar-refractivity contribution in [1.29, 1.82) is 0 Å². The van der Waals surface area contributed by atoms with Crippen molar-refractivity contribution in [1.82, 2.24) is 0 Å². The van der Waals surface area contributed by atoms with Crippen molar-refractivity contribution in [3.8, 4) is 5.75 Å². The van der Waals surface area contributed by atoms with Crippen LogP contribution in [0.4, 0.5) is 0 Å². The second-order valence-corrected chi connectivity index (χ2v) is 8.29. The summed E-state index contributed by atoms with van der Waals surface area (Å²) in [7, 11) is -3.90. The first-order valence-corrected chi connectivity index (χ1v) is 8.69. The summed E-state index contributed by atoms with van der Waals surface area (Å²) in [5, 5.41) is 0.679. The van der Waals surface area contributed by atoms with E-state index in [2.05, 4.69) is 15.9 Å². The third-order valence-electron chi connectivity index (χ3n) is 2.60. The van der Waals surface area contributed by atoms with Crippen LogP contribution in [0.2, 0.25) is 0 Å². The zero-order valence-corrected chi connectivity index (χ0v) is 13.5. The molecule has 0 atom stereocenters. The van der Waals surface area contributed by atoms with E-state index in [4.69, 9.17) is 8.60 Å². The van der Waals surface area contributed by atoms with E-state index in [0.717, 1.165) is 11.3 Å². The molecule has 2 aromatic heterocycles. The van der Waals surface area contributed by atoms with E-state index in [0.29, 0.717) is 9.17 Å². The number of benzene rings is 1. The van der Waals surface area contributed by atoms with Gasteiger partial charge >= 0.3 is 15.7 Å². The highest BCUT2D eigenvalue weighted by Crippen LogP contribution is 2.29. The molecule has 3 rings (SSSR count). The number of halogens is 1. The molecule has 108 valence electrons. The molecule has 0 radical (unpaired) electrons. The van der Waals surface area contributed by atoms with Gasteiger partial charge in [0.2, 0.25) is 0 Å². The normalized spacial score (nSPS) is 11.7. The average Bonchev–Trinajstić information content (AvgIpc) is 2.85. The van der Waals surface area contributed by atoms with Gasteiger partial charge in [0.05, 0.1) is 3.79 Å². The van der Waals surface area contributed by atoms with Gasteiger partial charge in [0.1, 0.15) is 11.3 Å². The van der Waals surface area contributed by atoms with Gasteiger partial charge in [0.15, 0.2) is 4.21 Å². The summed E-state index contributed by atoms with van der Waals surface area (Å²) >= 11 is 4.25. The van der Waals surface area contributed by atoms with Gasteiger partial charge in [-0.05, 0) is 46.3 Å². The molecule has 0 aliphatic heterocycles. The standard InChI is InChI=1S/C13H7BrO5S2/c14-11-4-6-13(20-11)21(16,17)19-9-3-1-8-2-5-12(15)18-10(8)7-9/h1-7H. The highest BCUT2D eigenvalue weighted by Gasteiger charge is 2.19. The topological polar surface area (TPSA) is 73.6 Å². The summed E-state index contributed by atoms with van der Waals surface area (Å²) in [6.07, 6.45) is 0. The van der Waals surface area contributed by atoms with Crippen molar-refractivity contribution < 1.29 is 17.0 Å². The lowest BCUT2D eigenvalue weighted by atomic mass is 10.2. The lowest BCUT2D eigenvalue weighted by Gasteiger charge is -2.05. The van der Waals surface area contributed by atoms with Gasteiger partial charge in [-0.1, -0.05) is 0 Å². The Balaban J connectivity index is 1.99. The van der Waals surface area contributed by atoms with Gasteiger partial charge in [-0.3, -0.25) is 0 Å². The SMILES string of the molecule is O=c1ccc2ccc(OS(=O)(=O)c3ccc(Br)s3)cc2o1. The average molecular weight is 387 g/mol. The predicted octanol–water partition coefficient (Wildman–Crippen LogP) is 3.38. The summed E-state index contributed by atoms with van der Waals surface area (Å²) in [5.74, 6) is 0.0846. The van der Waals surface area contributed by atoms with E-state index in [1.807, 2.05) is 0 Å². The summed E-state index contributed by atoms with van der Waals surface area (Å²) in [6, 6.07) is 10.5. The van der Waals surface area contributed by atoms with Gasteiger partial charge in [-0.25, -0.2) is 4.79 Å². The number of fused-ring (bicyclic) bond motifs is 1. The number of hydrogen-bond acceptors (Lipinski definition) is 6. The number of hydrogen-bond donors (Lipinski definition) is 0. The van der Waals surface area contributed by atoms with Crippen LogP contribution in [0.15, 0.2) is 59.7 Å². The lowest BCUT2D eigenvalue weighted by molar-refractivity contribution is 0.487. The van der Waals surface area contributed by atoms with Crippen LogP contribution in [0.25, 0.3) is 11.0 Å². The Kier molecular flexibility index (Phi) is 3.60. The third-order valence-corrected chi connectivity index (χ3v) is 5.92. The zero-order valence-electron chi connectivity index (χ0n) is 10.3. The van der Waals surface area contributed by atoms with Gasteiger partial charge in [-0.15, -0.1) is 11.3 Å². The van der Waals surface area contributed by atoms with Crippen molar-refractivity contribution >= 4 is 48.4 Å². The van der Waals surface area contributed by atoms with Crippen LogP contribution < -0.4 is 9.81 Å². The van der Waals surface area contributed by atoms with Crippen molar-refractivity contribution in [2.24, 2.45) is 0 Å². The lowest BCUT2D eigenvalue weighted by Crippen LogP contribution is -2.07. The summed E-state index contributed by atoms with van der Waals surface area (Å²) in [4.78, 5) is 11.2. The largest absolute Gasteiger partial charge is 0.423 e. The molecule has 0 saturated carbocycles. The van der Waals surface area contributed by atoms with E-state index in [1.54, 1.807) is 18.2 Å². The highest BCUT2D eigenvalue weighted by atomic mass is 79.9. The minimum Gasteiger partial charge on any atom is -0.423 e. The van der Waals surface area contributed by atoms with E-state index < -0.39 is 15.7 Å². The second-order valence-electron chi connectivity index (χ2n) is 4.05. The quantitative estimate of drug-likeness (QED) is 0.509. The molecular formula is C13H7BrO5S2. The van der Waals surface area contributed by atoms with Crippen molar-refractivity contribution in [3.63, 3.8) is 0 Å². The van der Waals surface area contributed by atoms with Crippen LogP contribution >= 0.6 is 27.3 Å². The summed E-state index contributed by atoms with van der Waals surface area (Å²) in [5.41, 5.74) is -0.243. The molecule has 0 aliphatic carbocycles. The molecule has 8 heteroatoms. The van der Waals surface area contributed by atoms with Crippen LogP contribution in [-0.4, -0.2) is 8.42 Å². The van der Waals surface area contributed by atoms with Gasteiger partial charge < -0.3 is 8.60 Å². The van der Waals surface area contributed by atoms with Gasteiger partial charge in [0, 0.05) is 17.5 Å². The molecule has 1 aromatic carbocycles. The van der Waals surface area contributed by atoms with Crippen LogP contribution in [0.3, 0.4) is 0 Å². The highest BCUT2D eigenvalue weighted by molar-refractivity contribution is 9.11. The predicted molar refractivity (Wildman–Crippen MR) is 82.3 cm³/mol. The van der Waals surface area contributed by atoms with E-state index in [-0.39, 0.29) is 15.5 Å². The maximum Gasteiger partial charge on any atom is 0.348 e. The minimum absolute atomic E-state index is 0.0846. The second kappa shape index (κ2) is 5.28. The van der Waals surface area contributed by atoms with E-state index >= 15 is 0 Å². The Bertz CT molecular complexity index is 971. The molecule has 5 nitrogen and oxygen atoms in total. The molecule has 21 heavy (non-hydrogen) atoms. The summed E-state index contributed by atoms with van der Waals surface area (Å²) in [6.45, 7) is 0. The third kappa shape index (κ3) is 3.02. The van der Waals surface area contributed by atoms with Crippen LogP contribution in [0, 0.1) is 0 Å². The van der Waals surface area contributed by atoms with Crippen molar-refractivity contribution in [3.05, 3.63) is 56.7 Å². The molecule has 0 amide bonds. The van der Waals surface area contributed by atoms with Crippen LogP contribution in [-0.2, 0) is 10.1 Å². The van der Waals surface area contributed by atoms with Gasteiger partial charge in [-0.2, -0.15) is 8.42 Å². The molecule has 0 fully saturated rings. The Morgan fingerprint density at radius 2 is 1.86 bits per heavy atom. The molecule has 0 N–H and O–H groups in total. The molecule has 0 aliphatic rings. The van der Waals surface area contributed by atoms with Gasteiger partial charge in [0.25, 0.3) is 0 Å². The Morgan fingerprint density at radius 1 is 1.10 bits per heavy atom. The zero-order chi connectivity index (χ0) is 15.0. The fraction of sp³-hybridized carbons (Fsp3) is 0. The van der Waals surface area contributed by atoms with Crippen molar-refractivity contribution in [2.45, 2.75) is 4.21 Å². The smallest absolute Gasteiger partial charge is 0.348 e. The molecule has 3 aromatic rings. The van der Waals surface area contributed by atoms with E-state index in [1.165, 1.54) is 24.3 Å². The Hall–Kier alpha value is -1.64. The first-order chi connectivity index (χ1) is 9.94. The number of thiophene rings is 1. The Morgan fingerprint density at radius 3 is 2.57 bits per heavy atom. The Labute approximate surface area is 132 Å².